The summed E-state index contributed by atoms with van der Waals surface area (Å²) in [4.78, 5) is 30.7. The van der Waals surface area contributed by atoms with Crippen molar-refractivity contribution >= 4 is 34.6 Å². The standard InChI is InChI=1S/C21H24N10O2/c1-22-18-16-19(31(12-23-16)21(32)26-14-6-8-33-9-7-14)28-20(27-18)25-15-5-3-4-13(10-15)17-24-11-30(2)29-17/h3-5,10-12,14H,6-9H2,1-2H3,(H,26,32)(H2,22,25,27,28). The Labute approximate surface area is 189 Å². The average Bonchev–Trinajstić information content (AvgIpc) is 3.46. The van der Waals surface area contributed by atoms with Gasteiger partial charge in [-0.25, -0.2) is 19.3 Å². The maximum absolute atomic E-state index is 12.9. The van der Waals surface area contributed by atoms with Crippen molar-refractivity contribution in [1.29, 1.82) is 0 Å². The number of aryl methyl sites for hydroxylation is 1. The molecule has 0 saturated carbocycles. The largest absolute Gasteiger partial charge is 0.381 e. The lowest BCUT2D eigenvalue weighted by atomic mass is 10.1. The van der Waals surface area contributed by atoms with Gasteiger partial charge in [0.1, 0.15) is 12.7 Å². The zero-order valence-electron chi connectivity index (χ0n) is 18.3. The first-order valence-corrected chi connectivity index (χ1v) is 10.7. The second-order valence-corrected chi connectivity index (χ2v) is 7.72. The predicted octanol–water partition coefficient (Wildman–Crippen LogP) is 2.14. The Balaban J connectivity index is 1.44. The molecule has 33 heavy (non-hydrogen) atoms. The lowest BCUT2D eigenvalue weighted by Crippen LogP contribution is -2.40. The van der Waals surface area contributed by atoms with Crippen LogP contribution in [0.4, 0.5) is 22.2 Å². The predicted molar refractivity (Wildman–Crippen MR) is 122 cm³/mol. The summed E-state index contributed by atoms with van der Waals surface area (Å²) in [6.45, 7) is 1.28. The number of ether oxygens (including phenoxy) is 1. The van der Waals surface area contributed by atoms with E-state index in [2.05, 4.69) is 41.0 Å². The summed E-state index contributed by atoms with van der Waals surface area (Å²) in [5.74, 6) is 1.47. The van der Waals surface area contributed by atoms with Gasteiger partial charge in [0.05, 0.1) is 0 Å². The van der Waals surface area contributed by atoms with Gasteiger partial charge < -0.3 is 20.7 Å². The molecule has 4 heterocycles. The Bertz CT molecular complexity index is 1290. The highest BCUT2D eigenvalue weighted by atomic mass is 16.5. The number of nitrogens with zero attached hydrogens (tertiary/aromatic N) is 7. The van der Waals surface area contributed by atoms with E-state index in [0.29, 0.717) is 42.0 Å². The molecule has 1 aromatic carbocycles. The number of fused-ring (bicyclic) bond motifs is 1. The van der Waals surface area contributed by atoms with Crippen molar-refractivity contribution in [2.24, 2.45) is 7.05 Å². The molecule has 0 atom stereocenters. The fraction of sp³-hybridized carbons (Fsp3) is 0.333. The maximum atomic E-state index is 12.9. The monoisotopic (exact) mass is 448 g/mol. The Morgan fingerprint density at radius 3 is 2.76 bits per heavy atom. The van der Waals surface area contributed by atoms with Crippen LogP contribution in [0, 0.1) is 0 Å². The van der Waals surface area contributed by atoms with Crippen LogP contribution < -0.4 is 16.0 Å². The molecular weight excluding hydrogens is 424 g/mol. The number of hydrogen-bond acceptors (Lipinski definition) is 9. The minimum Gasteiger partial charge on any atom is -0.381 e. The van der Waals surface area contributed by atoms with E-state index in [-0.39, 0.29) is 12.1 Å². The molecule has 0 unspecified atom stereocenters. The van der Waals surface area contributed by atoms with Gasteiger partial charge in [-0.3, -0.25) is 4.68 Å². The third kappa shape index (κ3) is 4.32. The number of aromatic nitrogens is 7. The normalized spacial score (nSPS) is 14.4. The molecule has 0 aliphatic carbocycles. The van der Waals surface area contributed by atoms with Gasteiger partial charge >= 0.3 is 6.03 Å². The van der Waals surface area contributed by atoms with Crippen LogP contribution in [0.25, 0.3) is 22.6 Å². The molecule has 0 spiro atoms. The van der Waals surface area contributed by atoms with E-state index in [0.717, 1.165) is 24.1 Å². The highest BCUT2D eigenvalue weighted by molar-refractivity contribution is 5.92. The van der Waals surface area contributed by atoms with Crippen LogP contribution in [-0.2, 0) is 11.8 Å². The zero-order valence-corrected chi connectivity index (χ0v) is 18.3. The molecule has 1 saturated heterocycles. The highest BCUT2D eigenvalue weighted by Gasteiger charge is 2.21. The topological polar surface area (TPSA) is 137 Å². The molecule has 1 amide bonds. The third-order valence-electron chi connectivity index (χ3n) is 5.38. The Kier molecular flexibility index (Phi) is 5.57. The van der Waals surface area contributed by atoms with E-state index in [4.69, 9.17) is 4.74 Å². The van der Waals surface area contributed by atoms with E-state index < -0.39 is 0 Å². The summed E-state index contributed by atoms with van der Waals surface area (Å²) >= 11 is 0. The van der Waals surface area contributed by atoms with E-state index in [1.807, 2.05) is 31.3 Å². The van der Waals surface area contributed by atoms with Crippen LogP contribution in [0.5, 0.6) is 0 Å². The highest BCUT2D eigenvalue weighted by Crippen LogP contribution is 2.25. The second-order valence-electron chi connectivity index (χ2n) is 7.72. The molecule has 170 valence electrons. The summed E-state index contributed by atoms with van der Waals surface area (Å²) in [6.07, 6.45) is 4.68. The van der Waals surface area contributed by atoms with Crippen LogP contribution in [-0.4, -0.2) is 66.6 Å². The van der Waals surface area contributed by atoms with Gasteiger partial charge in [-0.15, -0.1) is 0 Å². The van der Waals surface area contributed by atoms with E-state index in [1.165, 1.54) is 10.9 Å². The first-order valence-electron chi connectivity index (χ1n) is 10.7. The molecule has 1 aliphatic rings. The second kappa shape index (κ2) is 8.82. The van der Waals surface area contributed by atoms with E-state index >= 15 is 0 Å². The fourth-order valence-corrected chi connectivity index (χ4v) is 3.70. The lowest BCUT2D eigenvalue weighted by Gasteiger charge is -2.23. The minimum atomic E-state index is -0.278. The molecule has 4 aromatic rings. The van der Waals surface area contributed by atoms with Crippen molar-refractivity contribution in [3.63, 3.8) is 0 Å². The number of amides is 1. The van der Waals surface area contributed by atoms with Gasteiger partial charge in [0, 0.05) is 44.6 Å². The molecular formula is C21H24N10O2. The van der Waals surface area contributed by atoms with Crippen LogP contribution in [0.2, 0.25) is 0 Å². The number of anilines is 3. The van der Waals surface area contributed by atoms with E-state index in [1.54, 1.807) is 18.1 Å². The Morgan fingerprint density at radius 1 is 1.15 bits per heavy atom. The lowest BCUT2D eigenvalue weighted by molar-refractivity contribution is 0.0802. The van der Waals surface area contributed by atoms with Crippen molar-refractivity contribution in [2.45, 2.75) is 18.9 Å². The molecule has 1 fully saturated rings. The smallest absolute Gasteiger partial charge is 0.328 e. The molecule has 12 nitrogen and oxygen atoms in total. The van der Waals surface area contributed by atoms with Crippen LogP contribution in [0.3, 0.4) is 0 Å². The number of nitrogens with one attached hydrogen (secondary N) is 3. The van der Waals surface area contributed by atoms with Crippen molar-refractivity contribution < 1.29 is 9.53 Å². The minimum absolute atomic E-state index is 0.0647. The number of carbonyl (C=O) groups is 1. The number of hydrogen-bond donors (Lipinski definition) is 3. The van der Waals surface area contributed by atoms with Gasteiger partial charge in [-0.1, -0.05) is 12.1 Å². The average molecular weight is 448 g/mol. The SMILES string of the molecule is CNc1nc(Nc2cccc(-c3ncn(C)n3)c2)nc2c1ncn2C(=O)NC1CCOCC1. The summed E-state index contributed by atoms with van der Waals surface area (Å²) in [5.41, 5.74) is 2.54. The number of imidazole rings is 1. The van der Waals surface area contributed by atoms with Crippen LogP contribution in [0.15, 0.2) is 36.9 Å². The Hall–Kier alpha value is -4.06. The summed E-state index contributed by atoms with van der Waals surface area (Å²) in [6, 6.07) is 7.43. The summed E-state index contributed by atoms with van der Waals surface area (Å²) in [5, 5.41) is 13.6. The first kappa shape index (κ1) is 20.8. The van der Waals surface area contributed by atoms with Crippen molar-refractivity contribution in [3.8, 4) is 11.4 Å². The number of carbonyl (C=O) groups excluding carboxylic acids is 1. The van der Waals surface area contributed by atoms with Crippen molar-refractivity contribution in [1.82, 2.24) is 39.6 Å². The Morgan fingerprint density at radius 2 is 2.00 bits per heavy atom. The fourth-order valence-electron chi connectivity index (χ4n) is 3.70. The van der Waals surface area contributed by atoms with Gasteiger partial charge in [0.2, 0.25) is 5.95 Å². The van der Waals surface area contributed by atoms with Crippen LogP contribution in [0.1, 0.15) is 12.8 Å². The van der Waals surface area contributed by atoms with Crippen molar-refractivity contribution in [2.75, 3.05) is 30.9 Å². The number of rotatable bonds is 5. The van der Waals surface area contributed by atoms with Crippen molar-refractivity contribution in [3.05, 3.63) is 36.9 Å². The summed E-state index contributed by atoms with van der Waals surface area (Å²) in [7, 11) is 3.57. The molecule has 3 N–H and O–H groups in total. The van der Waals surface area contributed by atoms with Crippen LogP contribution >= 0.6 is 0 Å². The van der Waals surface area contributed by atoms with Gasteiger partial charge in [0.25, 0.3) is 0 Å². The summed E-state index contributed by atoms with van der Waals surface area (Å²) < 4.78 is 8.43. The number of benzene rings is 1. The van der Waals surface area contributed by atoms with Gasteiger partial charge in [-0.05, 0) is 25.0 Å². The third-order valence-corrected chi connectivity index (χ3v) is 5.38. The molecule has 1 aliphatic heterocycles. The van der Waals surface area contributed by atoms with E-state index in [9.17, 15) is 4.79 Å². The maximum Gasteiger partial charge on any atom is 0.328 e. The zero-order chi connectivity index (χ0) is 22.8. The quantitative estimate of drug-likeness (QED) is 0.419. The van der Waals surface area contributed by atoms with Gasteiger partial charge in [0.15, 0.2) is 22.8 Å². The molecule has 12 heteroatoms. The van der Waals surface area contributed by atoms with Gasteiger partial charge in [-0.2, -0.15) is 15.1 Å². The molecule has 0 bridgehead atoms. The molecule has 0 radical (unpaired) electrons. The molecule has 3 aromatic heterocycles. The molecule has 5 rings (SSSR count). The first-order chi connectivity index (χ1) is 16.1.